The molecule has 5 nitrogen and oxygen atoms in total. The zero-order valence-corrected chi connectivity index (χ0v) is 19.9. The molecular weight excluding hydrogens is 436 g/mol. The number of aromatic nitrogens is 1. The predicted molar refractivity (Wildman–Crippen MR) is 139 cm³/mol. The molecule has 35 heavy (non-hydrogen) atoms. The first-order valence-corrected chi connectivity index (χ1v) is 11.5. The van der Waals surface area contributed by atoms with Gasteiger partial charge in [-0.15, -0.1) is 0 Å². The highest BCUT2D eigenvalue weighted by Crippen LogP contribution is 2.28. The van der Waals surface area contributed by atoms with Gasteiger partial charge in [-0.25, -0.2) is 4.79 Å². The smallest absolute Gasteiger partial charge is 0.355 e. The number of nitrogens with zero attached hydrogens (tertiary/aromatic N) is 1. The van der Waals surface area contributed by atoms with Crippen molar-refractivity contribution in [1.82, 2.24) is 4.98 Å². The van der Waals surface area contributed by atoms with Gasteiger partial charge in [0.15, 0.2) is 0 Å². The van der Waals surface area contributed by atoms with Gasteiger partial charge in [-0.05, 0) is 49.2 Å². The van der Waals surface area contributed by atoms with Crippen LogP contribution in [-0.4, -0.2) is 16.9 Å². The van der Waals surface area contributed by atoms with Crippen molar-refractivity contribution in [2.45, 2.75) is 27.0 Å². The van der Waals surface area contributed by atoms with E-state index >= 15 is 0 Å². The molecule has 0 fully saturated rings. The van der Waals surface area contributed by atoms with Crippen LogP contribution in [0.25, 0.3) is 6.08 Å². The van der Waals surface area contributed by atoms with E-state index < -0.39 is 5.97 Å². The van der Waals surface area contributed by atoms with Crippen molar-refractivity contribution in [3.8, 4) is 0 Å². The molecular formula is C30H28N2O3. The third-order valence-electron chi connectivity index (χ3n) is 5.43. The third kappa shape index (κ3) is 6.15. The van der Waals surface area contributed by atoms with Crippen LogP contribution in [0, 0.1) is 0 Å². The average Bonchev–Trinajstić information content (AvgIpc) is 3.30. The van der Waals surface area contributed by atoms with Gasteiger partial charge < -0.3 is 14.6 Å². The lowest BCUT2D eigenvalue weighted by Gasteiger charge is -2.23. The number of allylic oxidation sites excluding steroid dienone is 1. The Hall–Kier alpha value is -4.38. The molecule has 4 rings (SSSR count). The summed E-state index contributed by atoms with van der Waals surface area (Å²) in [6.45, 7) is 4.47. The highest BCUT2D eigenvalue weighted by molar-refractivity contribution is 6.07. The molecule has 0 radical (unpaired) electrons. The molecule has 0 spiro atoms. The molecule has 176 valence electrons. The van der Waals surface area contributed by atoms with Gasteiger partial charge in [0.2, 0.25) is 0 Å². The molecule has 0 unspecified atom stereocenters. The molecule has 4 aromatic rings. The molecule has 0 saturated carbocycles. The zero-order chi connectivity index (χ0) is 24.6. The highest BCUT2D eigenvalue weighted by Gasteiger charge is 2.24. The van der Waals surface area contributed by atoms with Crippen molar-refractivity contribution in [3.05, 3.63) is 131 Å². The topological polar surface area (TPSA) is 62.4 Å². The minimum absolute atomic E-state index is 0.152. The van der Waals surface area contributed by atoms with Crippen LogP contribution in [0.4, 0.5) is 5.69 Å². The zero-order valence-electron chi connectivity index (χ0n) is 19.9. The van der Waals surface area contributed by atoms with Crippen LogP contribution in [-0.2, 0) is 17.9 Å². The molecule has 0 atom stereocenters. The molecule has 0 aliphatic rings. The number of hydrogen-bond donors (Lipinski definition) is 1. The van der Waals surface area contributed by atoms with E-state index in [-0.39, 0.29) is 12.5 Å². The lowest BCUT2D eigenvalue weighted by molar-refractivity contribution is 0.0466. The van der Waals surface area contributed by atoms with Gasteiger partial charge in [0, 0.05) is 5.56 Å². The van der Waals surface area contributed by atoms with Crippen molar-refractivity contribution < 1.29 is 14.3 Å². The molecule has 3 aromatic carbocycles. The number of carbonyl (C=O) groups is 2. The fourth-order valence-electron chi connectivity index (χ4n) is 3.76. The van der Waals surface area contributed by atoms with Gasteiger partial charge in [-0.2, -0.15) is 0 Å². The Labute approximate surface area is 205 Å². The lowest BCUT2D eigenvalue weighted by atomic mass is 10.1. The number of nitrogens with one attached hydrogen (secondary N) is 1. The maximum absolute atomic E-state index is 13.7. The van der Waals surface area contributed by atoms with Crippen molar-refractivity contribution in [3.63, 3.8) is 0 Å². The number of anilines is 1. The summed E-state index contributed by atoms with van der Waals surface area (Å²) in [6.07, 6.45) is 1.93. The van der Waals surface area contributed by atoms with E-state index in [1.807, 2.05) is 98.8 Å². The molecule has 1 aromatic heterocycles. The monoisotopic (exact) mass is 464 g/mol. The summed E-state index contributed by atoms with van der Waals surface area (Å²) < 4.78 is 5.54. The maximum Gasteiger partial charge on any atom is 0.355 e. The molecule has 1 heterocycles. The Morgan fingerprint density at radius 3 is 2.00 bits per heavy atom. The second-order valence-corrected chi connectivity index (χ2v) is 8.51. The van der Waals surface area contributed by atoms with E-state index in [0.717, 1.165) is 16.7 Å². The first-order valence-electron chi connectivity index (χ1n) is 11.5. The Bertz CT molecular complexity index is 1310. The van der Waals surface area contributed by atoms with Gasteiger partial charge in [0.1, 0.15) is 12.3 Å². The van der Waals surface area contributed by atoms with Crippen LogP contribution in [0.3, 0.4) is 0 Å². The molecule has 5 heteroatoms. The van der Waals surface area contributed by atoms with Gasteiger partial charge in [0.25, 0.3) is 5.91 Å². The largest absolute Gasteiger partial charge is 0.456 e. The van der Waals surface area contributed by atoms with Gasteiger partial charge in [0.05, 0.1) is 17.9 Å². The fourth-order valence-corrected chi connectivity index (χ4v) is 3.76. The van der Waals surface area contributed by atoms with Crippen LogP contribution < -0.4 is 4.90 Å². The number of hydrogen-bond acceptors (Lipinski definition) is 3. The number of aromatic amines is 1. The maximum atomic E-state index is 13.7. The lowest BCUT2D eigenvalue weighted by Crippen LogP contribution is -2.30. The van der Waals surface area contributed by atoms with E-state index in [9.17, 15) is 9.59 Å². The quantitative estimate of drug-likeness (QED) is 0.297. The van der Waals surface area contributed by atoms with Crippen molar-refractivity contribution in [2.75, 3.05) is 4.90 Å². The van der Waals surface area contributed by atoms with Gasteiger partial charge in [-0.1, -0.05) is 84.4 Å². The van der Waals surface area contributed by atoms with Crippen LogP contribution >= 0.6 is 0 Å². The van der Waals surface area contributed by atoms with Crippen molar-refractivity contribution >= 4 is 23.6 Å². The summed E-state index contributed by atoms with van der Waals surface area (Å²) in [6, 6.07) is 30.2. The van der Waals surface area contributed by atoms with Crippen LogP contribution in [0.15, 0.2) is 103 Å². The van der Waals surface area contributed by atoms with Gasteiger partial charge >= 0.3 is 5.97 Å². The number of esters is 1. The van der Waals surface area contributed by atoms with E-state index in [2.05, 4.69) is 4.98 Å². The van der Waals surface area contributed by atoms with E-state index in [1.165, 1.54) is 0 Å². The minimum Gasteiger partial charge on any atom is -0.456 e. The SMILES string of the molecule is CC(C)=Cc1[nH]c(C(=O)OCc2ccccc2)cc1N(Cc1ccccc1)C(=O)c1ccccc1. The van der Waals surface area contributed by atoms with Crippen LogP contribution in [0.5, 0.6) is 0 Å². The normalized spacial score (nSPS) is 10.5. The van der Waals surface area contributed by atoms with E-state index in [4.69, 9.17) is 4.74 Å². The van der Waals surface area contributed by atoms with Crippen LogP contribution in [0.2, 0.25) is 0 Å². The molecule has 1 N–H and O–H groups in total. The molecule has 0 bridgehead atoms. The number of carbonyl (C=O) groups excluding carboxylic acids is 2. The summed E-state index contributed by atoms with van der Waals surface area (Å²) in [5, 5.41) is 0. The van der Waals surface area contributed by atoms with E-state index in [0.29, 0.717) is 29.2 Å². The summed E-state index contributed by atoms with van der Waals surface area (Å²) >= 11 is 0. The van der Waals surface area contributed by atoms with Crippen molar-refractivity contribution in [1.29, 1.82) is 0 Å². The Balaban J connectivity index is 1.70. The Kier molecular flexibility index (Phi) is 7.58. The summed E-state index contributed by atoms with van der Waals surface area (Å²) in [4.78, 5) is 31.4. The number of rotatable bonds is 8. The summed E-state index contributed by atoms with van der Waals surface area (Å²) in [5.41, 5.74) is 5.08. The second-order valence-electron chi connectivity index (χ2n) is 8.51. The standard InChI is InChI=1S/C30H28N2O3/c1-22(2)18-26-28(19-27(31-26)30(34)35-21-24-14-8-4-9-15-24)32(20-23-12-6-3-7-13-23)29(33)25-16-10-5-11-17-25/h3-19,31H,20-21H2,1-2H3. The molecule has 0 aliphatic heterocycles. The molecule has 1 amide bonds. The molecule has 0 saturated heterocycles. The first-order chi connectivity index (χ1) is 17.0. The third-order valence-corrected chi connectivity index (χ3v) is 5.43. The predicted octanol–water partition coefficient (Wildman–Crippen LogP) is 6.64. The number of benzene rings is 3. The van der Waals surface area contributed by atoms with E-state index in [1.54, 1.807) is 23.1 Å². The highest BCUT2D eigenvalue weighted by atomic mass is 16.5. The Morgan fingerprint density at radius 1 is 0.829 bits per heavy atom. The minimum atomic E-state index is -0.477. The average molecular weight is 465 g/mol. The first kappa shape index (κ1) is 23.8. The van der Waals surface area contributed by atoms with Crippen molar-refractivity contribution in [2.24, 2.45) is 0 Å². The van der Waals surface area contributed by atoms with Crippen LogP contribution in [0.1, 0.15) is 51.5 Å². The Morgan fingerprint density at radius 2 is 1.40 bits per heavy atom. The number of amides is 1. The summed E-state index contributed by atoms with van der Waals surface area (Å²) in [7, 11) is 0. The number of ether oxygens (including phenoxy) is 1. The second kappa shape index (κ2) is 11.2. The van der Waals surface area contributed by atoms with Gasteiger partial charge in [-0.3, -0.25) is 4.79 Å². The summed E-state index contributed by atoms with van der Waals surface area (Å²) in [5.74, 6) is -0.628. The fraction of sp³-hybridized carbons (Fsp3) is 0.133. The molecule has 0 aliphatic carbocycles. The number of H-pyrrole nitrogens is 1.